The van der Waals surface area contributed by atoms with Gasteiger partial charge in [-0.25, -0.2) is 15.0 Å². The van der Waals surface area contributed by atoms with E-state index >= 15 is 0 Å². The number of nitrogens with one attached hydrogen (secondary N) is 1. The summed E-state index contributed by atoms with van der Waals surface area (Å²) in [6.45, 7) is 17.1. The Labute approximate surface area is 351 Å². The second kappa shape index (κ2) is 25.8. The van der Waals surface area contributed by atoms with Crippen LogP contribution in [-0.4, -0.2) is 58.4 Å². The average molecular weight is 847 g/mol. The quantitative estimate of drug-likeness (QED) is 0.0490. The maximum Gasteiger partial charge on any atom is 0.124 e. The van der Waals surface area contributed by atoms with Gasteiger partial charge in [0.25, 0.3) is 0 Å². The van der Waals surface area contributed by atoms with Gasteiger partial charge < -0.3 is 23.6 Å². The summed E-state index contributed by atoms with van der Waals surface area (Å²) in [5.74, 6) is 2.90. The molecule has 56 heavy (non-hydrogen) atoms. The Morgan fingerprint density at radius 1 is 0.607 bits per heavy atom. The summed E-state index contributed by atoms with van der Waals surface area (Å²) in [6, 6.07) is 33.8. The van der Waals surface area contributed by atoms with Gasteiger partial charge in [0.1, 0.15) is 18.5 Å². The van der Waals surface area contributed by atoms with Crippen LogP contribution in [0, 0.1) is 0 Å². The molecule has 0 saturated heterocycles. The van der Waals surface area contributed by atoms with Crippen molar-refractivity contribution in [2.75, 3.05) is 13.2 Å². The van der Waals surface area contributed by atoms with E-state index in [-0.39, 0.29) is 7.43 Å². The van der Waals surface area contributed by atoms with E-state index in [1.54, 1.807) is 41.6 Å². The first kappa shape index (κ1) is 47.1. The standard InChI is InChI=1S/2C16H24N2OSSi.C10H10N2S.CH4/c1-21(2,3)10-9-19-14-18-11-16(17-13-18)20-12-15-7-5-4-6-8-15;1-21(2,3)10-9-19-14-18-13-17-11-16(18)20-12-15-7-5-4-6-8-15;1-2-4-9(5-3-1)7-13-10-6-11-8-12-10;/h2*4-8,11,13H,9-10,12,14H2,1-3H3;1-6,8H,7H2,(H,11,12);1H4. The van der Waals surface area contributed by atoms with Crippen molar-refractivity contribution in [2.24, 2.45) is 0 Å². The lowest BCUT2D eigenvalue weighted by atomic mass is 10.2. The summed E-state index contributed by atoms with van der Waals surface area (Å²) in [5.41, 5.74) is 3.99. The van der Waals surface area contributed by atoms with Crippen molar-refractivity contribution < 1.29 is 9.47 Å². The molecule has 0 spiro atoms. The van der Waals surface area contributed by atoms with Crippen molar-refractivity contribution in [3.8, 4) is 0 Å². The minimum Gasteiger partial charge on any atom is -0.361 e. The van der Waals surface area contributed by atoms with Crippen molar-refractivity contribution in [2.45, 2.75) is 105 Å². The van der Waals surface area contributed by atoms with Crippen molar-refractivity contribution in [1.29, 1.82) is 0 Å². The van der Waals surface area contributed by atoms with Crippen LogP contribution in [0.5, 0.6) is 0 Å². The number of thioether (sulfide) groups is 3. The molecule has 0 unspecified atom stereocenters. The van der Waals surface area contributed by atoms with E-state index in [0.717, 1.165) is 45.6 Å². The van der Waals surface area contributed by atoms with Crippen molar-refractivity contribution in [3.05, 3.63) is 145 Å². The Hall–Kier alpha value is -3.31. The minimum absolute atomic E-state index is 0. The molecule has 3 aromatic carbocycles. The van der Waals surface area contributed by atoms with Crippen LogP contribution in [-0.2, 0) is 40.2 Å². The van der Waals surface area contributed by atoms with Crippen LogP contribution in [0.15, 0.2) is 144 Å². The van der Waals surface area contributed by atoms with Gasteiger partial charge in [0.2, 0.25) is 0 Å². The molecule has 0 atom stereocenters. The Balaban J connectivity index is 0.000000229. The fourth-order valence-electron chi connectivity index (χ4n) is 4.62. The third kappa shape index (κ3) is 20.7. The van der Waals surface area contributed by atoms with Crippen LogP contribution in [0.25, 0.3) is 0 Å². The van der Waals surface area contributed by atoms with Crippen LogP contribution in [0.4, 0.5) is 0 Å². The Morgan fingerprint density at radius 3 is 1.64 bits per heavy atom. The molecule has 0 saturated carbocycles. The number of aromatic amines is 1. The number of rotatable bonds is 19. The molecule has 6 rings (SSSR count). The van der Waals surface area contributed by atoms with Crippen LogP contribution in [0.1, 0.15) is 24.1 Å². The molecular weight excluding hydrogens is 785 g/mol. The van der Waals surface area contributed by atoms with Crippen LogP contribution in [0.3, 0.4) is 0 Å². The molecule has 1 N–H and O–H groups in total. The maximum atomic E-state index is 5.79. The molecule has 0 aliphatic rings. The van der Waals surface area contributed by atoms with E-state index in [0.29, 0.717) is 13.5 Å². The third-order valence-corrected chi connectivity index (χ3v) is 14.4. The largest absolute Gasteiger partial charge is 0.361 e. The van der Waals surface area contributed by atoms with E-state index in [1.165, 1.54) is 28.8 Å². The third-order valence-electron chi connectivity index (χ3n) is 7.92. The van der Waals surface area contributed by atoms with E-state index in [4.69, 9.17) is 9.47 Å². The van der Waals surface area contributed by atoms with Crippen LogP contribution in [0.2, 0.25) is 51.4 Å². The number of imidazole rings is 3. The van der Waals surface area contributed by atoms with E-state index in [2.05, 4.69) is 143 Å². The average Bonchev–Trinajstić information content (AvgIpc) is 3.97. The zero-order valence-electron chi connectivity index (χ0n) is 33.3. The van der Waals surface area contributed by atoms with Gasteiger partial charge in [0.05, 0.1) is 41.4 Å². The lowest BCUT2D eigenvalue weighted by Gasteiger charge is -2.16. The van der Waals surface area contributed by atoms with Gasteiger partial charge in [-0.05, 0) is 28.8 Å². The van der Waals surface area contributed by atoms with Gasteiger partial charge in [0.15, 0.2) is 0 Å². The number of aromatic nitrogens is 6. The highest BCUT2D eigenvalue weighted by molar-refractivity contribution is 7.98. The Bertz CT molecular complexity index is 1850. The van der Waals surface area contributed by atoms with Gasteiger partial charge >= 0.3 is 0 Å². The fourth-order valence-corrected chi connectivity index (χ4v) is 8.67. The van der Waals surface area contributed by atoms with Crippen molar-refractivity contribution >= 4 is 51.4 Å². The zero-order valence-corrected chi connectivity index (χ0v) is 37.7. The smallest absolute Gasteiger partial charge is 0.124 e. The molecule has 302 valence electrons. The van der Waals surface area contributed by atoms with Crippen molar-refractivity contribution in [1.82, 2.24) is 29.1 Å². The number of benzene rings is 3. The van der Waals surface area contributed by atoms with Crippen LogP contribution < -0.4 is 0 Å². The van der Waals surface area contributed by atoms with Gasteiger partial charge in [0, 0.05) is 52.8 Å². The number of ether oxygens (including phenoxy) is 2. The van der Waals surface area contributed by atoms with E-state index in [1.807, 2.05) is 47.8 Å². The van der Waals surface area contributed by atoms with Gasteiger partial charge in [-0.1, -0.05) is 138 Å². The zero-order chi connectivity index (χ0) is 39.2. The lowest BCUT2D eigenvalue weighted by Crippen LogP contribution is -2.22. The highest BCUT2D eigenvalue weighted by Crippen LogP contribution is 2.23. The summed E-state index contributed by atoms with van der Waals surface area (Å²) in [7, 11) is -2.00. The predicted octanol–water partition coefficient (Wildman–Crippen LogP) is 12.3. The molecule has 6 aromatic rings. The van der Waals surface area contributed by atoms with E-state index in [9.17, 15) is 0 Å². The number of nitrogens with zero attached hydrogens (tertiary/aromatic N) is 5. The lowest BCUT2D eigenvalue weighted by molar-refractivity contribution is 0.0819. The highest BCUT2D eigenvalue weighted by Gasteiger charge is 2.13. The molecule has 0 radical (unpaired) electrons. The molecule has 8 nitrogen and oxygen atoms in total. The first-order valence-electron chi connectivity index (χ1n) is 18.7. The second-order valence-electron chi connectivity index (χ2n) is 15.4. The predicted molar refractivity (Wildman–Crippen MR) is 246 cm³/mol. The molecule has 0 fully saturated rings. The maximum absolute atomic E-state index is 5.79. The molecule has 0 amide bonds. The van der Waals surface area contributed by atoms with Gasteiger partial charge in [-0.3, -0.25) is 0 Å². The first-order valence-corrected chi connectivity index (χ1v) is 29.1. The summed E-state index contributed by atoms with van der Waals surface area (Å²) in [4.78, 5) is 15.7. The molecule has 0 bridgehead atoms. The Morgan fingerprint density at radius 2 is 1.12 bits per heavy atom. The normalized spacial score (nSPS) is 11.2. The monoisotopic (exact) mass is 846 g/mol. The summed E-state index contributed by atoms with van der Waals surface area (Å²) in [6.07, 6.45) is 11.2. The molecule has 3 aromatic heterocycles. The molecule has 0 aliphatic heterocycles. The highest BCUT2D eigenvalue weighted by atomic mass is 32.2. The summed E-state index contributed by atoms with van der Waals surface area (Å²) in [5, 5.41) is 3.32. The Kier molecular flexibility index (Phi) is 21.7. The van der Waals surface area contributed by atoms with Crippen LogP contribution >= 0.6 is 35.3 Å². The number of hydrogen-bond donors (Lipinski definition) is 1. The molecule has 3 heterocycles. The second-order valence-corrected chi connectivity index (χ2v) is 29.6. The van der Waals surface area contributed by atoms with Gasteiger partial charge in [-0.2, -0.15) is 0 Å². The summed E-state index contributed by atoms with van der Waals surface area (Å²) < 4.78 is 15.6. The van der Waals surface area contributed by atoms with E-state index < -0.39 is 16.1 Å². The topological polar surface area (TPSA) is 82.8 Å². The minimum atomic E-state index is -1.01. The fraction of sp³-hybridized carbons (Fsp3) is 0.372. The number of H-pyrrole nitrogens is 1. The molecular formula is C43H62N6O2S3Si2. The molecule has 0 aliphatic carbocycles. The number of hydrogen-bond acceptors (Lipinski definition) is 8. The van der Waals surface area contributed by atoms with Gasteiger partial charge in [-0.15, -0.1) is 35.3 Å². The SMILES string of the molecule is C.C[Si](C)(C)CCOCn1cnc(SCc2ccccc2)c1.C[Si](C)(C)CCOCn1cncc1SCc1ccccc1.c1ccc(CSc2cnc[nH]2)cc1. The first-order chi connectivity index (χ1) is 26.5. The molecule has 13 heteroatoms. The van der Waals surface area contributed by atoms with Crippen molar-refractivity contribution in [3.63, 3.8) is 0 Å². The summed E-state index contributed by atoms with van der Waals surface area (Å²) >= 11 is 5.32.